The number of aromatic amines is 1. The molecule has 0 fully saturated rings. The third-order valence-electron chi connectivity index (χ3n) is 4.30. The number of fused-ring (bicyclic) bond motifs is 1. The first-order valence-corrected chi connectivity index (χ1v) is 8.47. The molecule has 0 unspecified atom stereocenters. The molecule has 0 spiro atoms. The summed E-state index contributed by atoms with van der Waals surface area (Å²) in [5, 5.41) is 19.9. The number of amides is 1. The van der Waals surface area contributed by atoms with Crippen LogP contribution in [0, 0.1) is 34.3 Å². The van der Waals surface area contributed by atoms with Crippen molar-refractivity contribution in [2.24, 2.45) is 0 Å². The topological polar surface area (TPSA) is 144 Å². The molecule has 0 aliphatic rings. The lowest BCUT2D eigenvalue weighted by molar-refractivity contribution is -0.122. The van der Waals surface area contributed by atoms with Crippen LogP contribution in [-0.2, 0) is 11.3 Å². The van der Waals surface area contributed by atoms with E-state index in [4.69, 9.17) is 10.5 Å². The monoisotopic (exact) mass is 410 g/mol. The number of aromatic nitrogens is 3. The summed E-state index contributed by atoms with van der Waals surface area (Å²) in [4.78, 5) is 43.3. The molecule has 150 valence electrons. The van der Waals surface area contributed by atoms with Crippen molar-refractivity contribution >= 4 is 16.8 Å². The summed E-state index contributed by atoms with van der Waals surface area (Å²) in [6, 6.07) is 5.40. The minimum absolute atomic E-state index is 0.00422. The molecule has 3 aromatic rings. The predicted molar refractivity (Wildman–Crippen MR) is 99.0 cm³/mol. The molecule has 0 aliphatic carbocycles. The van der Waals surface area contributed by atoms with Crippen LogP contribution in [-0.4, -0.2) is 20.4 Å². The Balaban J connectivity index is 1.92. The quantitative estimate of drug-likeness (QED) is 0.656. The summed E-state index contributed by atoms with van der Waals surface area (Å²) in [6.45, 7) is 0.666. The van der Waals surface area contributed by atoms with Crippen LogP contribution in [0.15, 0.2) is 34.0 Å². The number of nitrogens with zero attached hydrogens (tertiary/aromatic N) is 4. The van der Waals surface area contributed by atoms with Gasteiger partial charge in [0.05, 0.1) is 28.2 Å². The number of hydrogen-bond donors (Lipinski definition) is 2. The van der Waals surface area contributed by atoms with Crippen LogP contribution >= 0.6 is 0 Å². The molecule has 1 aromatic carbocycles. The summed E-state index contributed by atoms with van der Waals surface area (Å²) < 4.78 is 28.4. The van der Waals surface area contributed by atoms with E-state index in [1.807, 2.05) is 0 Å². The van der Waals surface area contributed by atoms with Crippen molar-refractivity contribution in [1.29, 1.82) is 10.5 Å². The molecule has 30 heavy (non-hydrogen) atoms. The van der Waals surface area contributed by atoms with Crippen molar-refractivity contribution in [3.63, 3.8) is 0 Å². The summed E-state index contributed by atoms with van der Waals surface area (Å²) in [7, 11) is 0. The minimum atomic E-state index is -1.02. The lowest BCUT2D eigenvalue weighted by Gasteiger charge is -2.15. The Morgan fingerprint density at radius 3 is 2.63 bits per heavy atom. The molecule has 2 N–H and O–H groups in total. The molecule has 11 heteroatoms. The average Bonchev–Trinajstić information content (AvgIpc) is 2.71. The van der Waals surface area contributed by atoms with Crippen LogP contribution in [0.4, 0.5) is 8.78 Å². The summed E-state index contributed by atoms with van der Waals surface area (Å²) in [5.41, 5.74) is -2.69. The predicted octanol–water partition coefficient (Wildman–Crippen LogP) is 0.984. The number of halogens is 2. The maximum atomic E-state index is 14.0. The van der Waals surface area contributed by atoms with Gasteiger partial charge >= 0.3 is 5.69 Å². The first-order valence-electron chi connectivity index (χ1n) is 8.47. The van der Waals surface area contributed by atoms with Gasteiger partial charge in [-0.1, -0.05) is 0 Å². The van der Waals surface area contributed by atoms with Gasteiger partial charge in [-0.3, -0.25) is 19.1 Å². The smallest absolute Gasteiger partial charge is 0.329 e. The molecule has 0 aliphatic heterocycles. The number of benzene rings is 1. The zero-order valence-corrected chi connectivity index (χ0v) is 15.4. The first-order chi connectivity index (χ1) is 14.3. The molecule has 9 nitrogen and oxygen atoms in total. The van der Waals surface area contributed by atoms with Crippen molar-refractivity contribution in [3.05, 3.63) is 73.7 Å². The Kier molecular flexibility index (Phi) is 5.38. The second kappa shape index (κ2) is 7.93. The largest absolute Gasteiger partial charge is 0.346 e. The van der Waals surface area contributed by atoms with Gasteiger partial charge in [0.1, 0.15) is 35.9 Å². The number of rotatable bonds is 4. The number of nitrogens with one attached hydrogen (secondary N) is 2. The van der Waals surface area contributed by atoms with Gasteiger partial charge in [0.15, 0.2) is 0 Å². The van der Waals surface area contributed by atoms with Gasteiger partial charge in [0, 0.05) is 6.20 Å². The number of hydrogen-bond acceptors (Lipinski definition) is 6. The van der Waals surface area contributed by atoms with E-state index in [1.54, 1.807) is 12.1 Å². The Labute approximate surface area is 166 Å². The minimum Gasteiger partial charge on any atom is -0.346 e. The van der Waals surface area contributed by atoms with Gasteiger partial charge in [-0.2, -0.15) is 10.5 Å². The first kappa shape index (κ1) is 20.4. The molecule has 1 amide bonds. The fourth-order valence-electron chi connectivity index (χ4n) is 2.89. The van der Waals surface area contributed by atoms with Crippen LogP contribution < -0.4 is 16.6 Å². The van der Waals surface area contributed by atoms with Crippen LogP contribution in [0.3, 0.4) is 0 Å². The molecule has 0 bridgehead atoms. The van der Waals surface area contributed by atoms with Crippen molar-refractivity contribution < 1.29 is 13.6 Å². The van der Waals surface area contributed by atoms with E-state index in [0.717, 1.165) is 24.4 Å². The van der Waals surface area contributed by atoms with Crippen LogP contribution in [0.2, 0.25) is 0 Å². The van der Waals surface area contributed by atoms with Crippen molar-refractivity contribution in [2.45, 2.75) is 19.5 Å². The van der Waals surface area contributed by atoms with E-state index in [0.29, 0.717) is 4.57 Å². The highest BCUT2D eigenvalue weighted by atomic mass is 19.1. The summed E-state index contributed by atoms with van der Waals surface area (Å²) >= 11 is 0. The molecular formula is C19H12F2N6O3. The number of nitriles is 2. The molecule has 0 saturated heterocycles. The normalized spacial score (nSPS) is 11.5. The van der Waals surface area contributed by atoms with Crippen molar-refractivity contribution in [2.75, 3.05) is 0 Å². The molecule has 2 aromatic heterocycles. The number of carbonyl (C=O) groups is 1. The average molecular weight is 410 g/mol. The lowest BCUT2D eigenvalue weighted by Crippen LogP contribution is -2.41. The van der Waals surface area contributed by atoms with E-state index in [1.165, 1.54) is 6.92 Å². The van der Waals surface area contributed by atoms with Crippen molar-refractivity contribution in [1.82, 2.24) is 19.9 Å². The fourth-order valence-corrected chi connectivity index (χ4v) is 2.89. The highest BCUT2D eigenvalue weighted by Crippen LogP contribution is 2.16. The van der Waals surface area contributed by atoms with E-state index < -0.39 is 46.9 Å². The van der Waals surface area contributed by atoms with Gasteiger partial charge in [0.25, 0.3) is 5.56 Å². The van der Waals surface area contributed by atoms with Gasteiger partial charge in [0.2, 0.25) is 5.91 Å². The zero-order valence-electron chi connectivity index (χ0n) is 15.4. The Morgan fingerprint density at radius 2 is 2.00 bits per heavy atom. The zero-order chi connectivity index (χ0) is 22.0. The molecular weight excluding hydrogens is 398 g/mol. The van der Waals surface area contributed by atoms with Gasteiger partial charge in [-0.05, 0) is 25.1 Å². The van der Waals surface area contributed by atoms with E-state index in [2.05, 4.69) is 15.3 Å². The second-order valence-electron chi connectivity index (χ2n) is 6.27. The molecule has 0 saturated carbocycles. The molecule has 2 heterocycles. The maximum Gasteiger partial charge on any atom is 0.329 e. The van der Waals surface area contributed by atoms with E-state index in [-0.39, 0.29) is 22.2 Å². The Hall–Kier alpha value is -4.38. The second-order valence-corrected chi connectivity index (χ2v) is 6.27. The lowest BCUT2D eigenvalue weighted by atomic mass is 10.1. The van der Waals surface area contributed by atoms with Crippen LogP contribution in [0.25, 0.3) is 10.9 Å². The Bertz CT molecular complexity index is 1380. The van der Waals surface area contributed by atoms with Crippen LogP contribution in [0.1, 0.15) is 29.8 Å². The van der Waals surface area contributed by atoms with Gasteiger partial charge in [-0.25, -0.2) is 13.6 Å². The number of pyridine rings is 1. The highest BCUT2D eigenvalue weighted by Gasteiger charge is 2.19. The summed E-state index contributed by atoms with van der Waals surface area (Å²) in [5.74, 6) is -2.58. The third kappa shape index (κ3) is 3.64. The Morgan fingerprint density at radius 1 is 1.27 bits per heavy atom. The van der Waals surface area contributed by atoms with Crippen molar-refractivity contribution in [3.8, 4) is 12.1 Å². The van der Waals surface area contributed by atoms with Crippen LogP contribution in [0.5, 0.6) is 0 Å². The number of carbonyl (C=O) groups excluding carboxylic acids is 1. The fraction of sp³-hybridized carbons (Fsp3) is 0.158. The highest BCUT2D eigenvalue weighted by molar-refractivity contribution is 5.84. The van der Waals surface area contributed by atoms with E-state index in [9.17, 15) is 23.2 Å². The third-order valence-corrected chi connectivity index (χ3v) is 4.30. The molecule has 1 atom stereocenters. The summed E-state index contributed by atoms with van der Waals surface area (Å²) in [6.07, 6.45) is 1.14. The van der Waals surface area contributed by atoms with Gasteiger partial charge < -0.3 is 10.3 Å². The standard InChI is InChI=1S/C19H12F2N6O3/c1-9(17-13(21)4-10(5-22)7-24-17)25-15(28)8-27-18(29)16-11(6-23)12(20)2-3-14(16)26-19(27)30/h2-4,7,9H,8H2,1H3,(H,25,28)(H,26,30)/t9-/m1/s1. The van der Waals surface area contributed by atoms with Gasteiger partial charge in [-0.15, -0.1) is 0 Å². The molecule has 0 radical (unpaired) electrons. The molecule has 3 rings (SSSR count). The maximum absolute atomic E-state index is 14.0. The SMILES string of the molecule is C[C@@H](NC(=O)Cn1c(=O)[nH]c2ccc(F)c(C#N)c2c1=O)c1ncc(C#N)cc1F. The number of H-pyrrole nitrogens is 1. The van der Waals surface area contributed by atoms with E-state index >= 15 is 0 Å².